The monoisotopic (exact) mass is 423 g/mol. The van der Waals surface area contributed by atoms with Crippen molar-refractivity contribution in [3.05, 3.63) is 40.2 Å². The van der Waals surface area contributed by atoms with E-state index in [-0.39, 0.29) is 6.54 Å². The van der Waals surface area contributed by atoms with Crippen LogP contribution in [0.2, 0.25) is 6.04 Å². The van der Waals surface area contributed by atoms with Gasteiger partial charge in [-0.3, -0.25) is 4.90 Å². The van der Waals surface area contributed by atoms with Gasteiger partial charge in [0.15, 0.2) is 0 Å². The second kappa shape index (κ2) is 10.5. The molecule has 0 radical (unpaired) electrons. The van der Waals surface area contributed by atoms with E-state index in [4.69, 9.17) is 17.7 Å². The van der Waals surface area contributed by atoms with Crippen LogP contribution in [0.25, 0.3) is 11.0 Å². The molecule has 9 heteroatoms. The van der Waals surface area contributed by atoms with E-state index in [1.54, 1.807) is 18.2 Å². The number of hydrogen-bond donors (Lipinski definition) is 1. The molecule has 0 aliphatic heterocycles. The Morgan fingerprint density at radius 2 is 1.72 bits per heavy atom. The third-order valence-corrected chi connectivity index (χ3v) is 7.59. The number of fused-ring (bicyclic) bond motifs is 1. The fourth-order valence-electron chi connectivity index (χ4n) is 3.27. The average Bonchev–Trinajstić information content (AvgIpc) is 2.65. The summed E-state index contributed by atoms with van der Waals surface area (Å²) >= 11 is 0. The quantitative estimate of drug-likeness (QED) is 0.430. The lowest BCUT2D eigenvalue weighted by molar-refractivity contribution is 0.0709. The van der Waals surface area contributed by atoms with Crippen molar-refractivity contribution in [3.8, 4) is 0 Å². The highest BCUT2D eigenvalue weighted by molar-refractivity contribution is 6.60. The van der Waals surface area contributed by atoms with Gasteiger partial charge < -0.3 is 22.8 Å². The Morgan fingerprint density at radius 3 is 2.28 bits per heavy atom. The Hall–Kier alpha value is -2.20. The smallest absolute Gasteiger partial charge is 0.465 e. The fraction of sp³-hybridized carbons (Fsp3) is 0.500. The molecule has 0 unspecified atom stereocenters. The molecule has 0 aliphatic carbocycles. The number of amides is 1. The molecular weight excluding hydrogens is 394 g/mol. The summed E-state index contributed by atoms with van der Waals surface area (Å²) < 4.78 is 22.7. The summed E-state index contributed by atoms with van der Waals surface area (Å²) in [7, 11) is -2.84. The highest BCUT2D eigenvalue weighted by Gasteiger charge is 2.40. The number of carboxylic acid groups (broad SMARTS) is 1. The average molecular weight is 424 g/mol. The lowest BCUT2D eigenvalue weighted by Gasteiger charge is -2.29. The lowest BCUT2D eigenvalue weighted by atomic mass is 10.1. The third-order valence-electron chi connectivity index (χ3n) is 4.43. The summed E-state index contributed by atoms with van der Waals surface area (Å²) in [6.07, 6.45) is -0.579. The number of nitrogens with zero attached hydrogens (tertiary/aromatic N) is 1. The van der Waals surface area contributed by atoms with Gasteiger partial charge in [-0.1, -0.05) is 0 Å². The van der Waals surface area contributed by atoms with Crippen LogP contribution in [0.3, 0.4) is 0 Å². The van der Waals surface area contributed by atoms with Crippen LogP contribution in [-0.4, -0.2) is 46.4 Å². The molecular formula is C20H29NO7Si. The molecule has 1 heterocycles. The van der Waals surface area contributed by atoms with Crippen LogP contribution in [0.4, 0.5) is 10.5 Å². The molecule has 0 saturated carbocycles. The van der Waals surface area contributed by atoms with E-state index in [9.17, 15) is 14.7 Å². The Morgan fingerprint density at radius 1 is 1.10 bits per heavy atom. The summed E-state index contributed by atoms with van der Waals surface area (Å²) in [6, 6.07) is 6.97. The van der Waals surface area contributed by atoms with Crippen molar-refractivity contribution in [1.82, 2.24) is 0 Å². The van der Waals surface area contributed by atoms with Gasteiger partial charge in [-0.15, -0.1) is 0 Å². The van der Waals surface area contributed by atoms with E-state index >= 15 is 0 Å². The molecule has 8 nitrogen and oxygen atoms in total. The topological polar surface area (TPSA) is 98.4 Å². The maximum Gasteiger partial charge on any atom is 0.500 e. The summed E-state index contributed by atoms with van der Waals surface area (Å²) in [6.45, 7) is 9.11. The van der Waals surface area contributed by atoms with E-state index < -0.39 is 20.5 Å². The number of anilines is 1. The highest BCUT2D eigenvalue weighted by Crippen LogP contribution is 2.25. The van der Waals surface area contributed by atoms with Gasteiger partial charge in [0.05, 0.1) is 5.69 Å². The van der Waals surface area contributed by atoms with Crippen molar-refractivity contribution in [2.75, 3.05) is 31.3 Å². The molecule has 0 spiro atoms. The first-order valence-electron chi connectivity index (χ1n) is 9.82. The summed E-state index contributed by atoms with van der Waals surface area (Å²) in [5.74, 6) is 0. The van der Waals surface area contributed by atoms with Crippen LogP contribution < -0.4 is 10.5 Å². The Labute approximate surface area is 171 Å². The van der Waals surface area contributed by atoms with Crippen molar-refractivity contribution in [1.29, 1.82) is 0 Å². The van der Waals surface area contributed by atoms with E-state index in [1.807, 2.05) is 27.7 Å². The molecule has 0 bridgehead atoms. The molecule has 29 heavy (non-hydrogen) atoms. The van der Waals surface area contributed by atoms with Crippen molar-refractivity contribution in [2.45, 2.75) is 40.2 Å². The molecule has 0 fully saturated rings. The zero-order valence-corrected chi connectivity index (χ0v) is 18.4. The van der Waals surface area contributed by atoms with Crippen molar-refractivity contribution in [3.63, 3.8) is 0 Å². The Kier molecular flexibility index (Phi) is 8.39. The molecule has 1 amide bonds. The molecule has 0 aliphatic rings. The Bertz CT molecular complexity index is 866. The second-order valence-corrected chi connectivity index (χ2v) is 9.18. The molecule has 1 aromatic carbocycles. The third kappa shape index (κ3) is 5.89. The minimum absolute atomic E-state index is 0.235. The standard InChI is InChI=1S/C20H29NO7Si/c1-5-25-29(26-6-2,27-7-3)12-8-11-21(20(23)24)16-9-10-17-15(4)13-19(22)28-18(17)14-16/h9-10,13-14H,5-8,11-12H2,1-4H3,(H,23,24). The van der Waals surface area contributed by atoms with E-state index in [1.165, 1.54) is 11.0 Å². The molecule has 1 aromatic heterocycles. The van der Waals surface area contributed by atoms with E-state index in [0.717, 1.165) is 10.9 Å². The fourth-order valence-corrected chi connectivity index (χ4v) is 5.87. The maximum atomic E-state index is 11.9. The number of benzene rings is 1. The van der Waals surface area contributed by atoms with Crippen molar-refractivity contribution in [2.24, 2.45) is 0 Å². The first-order valence-corrected chi connectivity index (χ1v) is 11.8. The van der Waals surface area contributed by atoms with Gasteiger partial charge in [0.25, 0.3) is 0 Å². The lowest BCUT2D eigenvalue weighted by Crippen LogP contribution is -2.46. The zero-order chi connectivity index (χ0) is 21.4. The predicted molar refractivity (Wildman–Crippen MR) is 113 cm³/mol. The number of hydrogen-bond acceptors (Lipinski definition) is 6. The van der Waals surface area contributed by atoms with Crippen molar-refractivity contribution >= 4 is 31.6 Å². The van der Waals surface area contributed by atoms with Crippen LogP contribution in [0.15, 0.2) is 33.5 Å². The minimum atomic E-state index is -2.84. The molecule has 2 rings (SSSR count). The summed E-state index contributed by atoms with van der Waals surface area (Å²) in [5.41, 5.74) is 1.12. The molecule has 1 N–H and O–H groups in total. The van der Waals surface area contributed by atoms with Gasteiger partial charge in [0.1, 0.15) is 5.58 Å². The Balaban J connectivity index is 2.21. The van der Waals surface area contributed by atoms with Gasteiger partial charge in [0.2, 0.25) is 0 Å². The van der Waals surface area contributed by atoms with Gasteiger partial charge in [-0.05, 0) is 51.8 Å². The normalized spacial score (nSPS) is 11.7. The maximum absolute atomic E-state index is 11.9. The van der Waals surface area contributed by atoms with Crippen LogP contribution in [0.1, 0.15) is 32.8 Å². The van der Waals surface area contributed by atoms with E-state index in [0.29, 0.717) is 43.6 Å². The SMILES string of the molecule is CCO[Si](CCCN(C(=O)O)c1ccc2c(C)cc(=O)oc2c1)(OCC)OCC. The summed E-state index contributed by atoms with van der Waals surface area (Å²) in [4.78, 5) is 24.7. The van der Waals surface area contributed by atoms with Gasteiger partial charge >= 0.3 is 20.5 Å². The number of rotatable bonds is 11. The van der Waals surface area contributed by atoms with Crippen LogP contribution in [0, 0.1) is 6.92 Å². The van der Waals surface area contributed by atoms with Crippen LogP contribution in [-0.2, 0) is 13.3 Å². The van der Waals surface area contributed by atoms with Gasteiger partial charge in [-0.2, -0.15) is 0 Å². The minimum Gasteiger partial charge on any atom is -0.465 e. The number of aryl methyl sites for hydroxylation is 1. The molecule has 160 valence electrons. The highest BCUT2D eigenvalue weighted by atomic mass is 28.4. The molecule has 0 saturated heterocycles. The van der Waals surface area contributed by atoms with Crippen LogP contribution >= 0.6 is 0 Å². The number of carbonyl (C=O) groups is 1. The van der Waals surface area contributed by atoms with Crippen LogP contribution in [0.5, 0.6) is 0 Å². The largest absolute Gasteiger partial charge is 0.500 e. The first kappa shape index (κ1) is 23.1. The second-order valence-electron chi connectivity index (χ2n) is 6.45. The van der Waals surface area contributed by atoms with Gasteiger partial charge in [0, 0.05) is 49.9 Å². The van der Waals surface area contributed by atoms with Gasteiger partial charge in [-0.25, -0.2) is 9.59 Å². The van der Waals surface area contributed by atoms with Crippen molar-refractivity contribution < 1.29 is 27.6 Å². The first-order chi connectivity index (χ1) is 13.9. The van der Waals surface area contributed by atoms with E-state index in [2.05, 4.69) is 0 Å². The predicted octanol–water partition coefficient (Wildman–Crippen LogP) is 4.02. The summed E-state index contributed by atoms with van der Waals surface area (Å²) in [5, 5.41) is 10.5. The zero-order valence-electron chi connectivity index (χ0n) is 17.4. The molecule has 0 atom stereocenters. The molecule has 2 aromatic rings.